The molecule has 0 saturated heterocycles. The SMILES string of the molecule is CC(C)C(=O)Nc1ccc(CNC2=NCCN2C)cc1.I. The van der Waals surface area contributed by atoms with Gasteiger partial charge in [-0.3, -0.25) is 9.79 Å². The molecule has 5 nitrogen and oxygen atoms in total. The van der Waals surface area contributed by atoms with Gasteiger partial charge in [-0.25, -0.2) is 0 Å². The number of hydrogen-bond donors (Lipinski definition) is 2. The third-order valence-electron chi connectivity index (χ3n) is 3.26. The average Bonchev–Trinajstić information content (AvgIpc) is 2.83. The fourth-order valence-corrected chi connectivity index (χ4v) is 1.90. The Bertz CT molecular complexity index is 499. The molecule has 2 N–H and O–H groups in total. The number of hydrogen-bond acceptors (Lipinski definition) is 4. The highest BCUT2D eigenvalue weighted by atomic mass is 127. The van der Waals surface area contributed by atoms with E-state index in [1.54, 1.807) is 0 Å². The highest BCUT2D eigenvalue weighted by molar-refractivity contribution is 14.0. The summed E-state index contributed by atoms with van der Waals surface area (Å²) in [5, 5.41) is 6.20. The molecule has 1 aliphatic rings. The molecule has 116 valence electrons. The molecule has 0 radical (unpaired) electrons. The van der Waals surface area contributed by atoms with Crippen molar-refractivity contribution >= 4 is 41.5 Å². The third-order valence-corrected chi connectivity index (χ3v) is 3.26. The van der Waals surface area contributed by atoms with E-state index in [0.29, 0.717) is 0 Å². The van der Waals surface area contributed by atoms with Crippen molar-refractivity contribution in [1.82, 2.24) is 10.2 Å². The summed E-state index contributed by atoms with van der Waals surface area (Å²) in [7, 11) is 2.03. The summed E-state index contributed by atoms with van der Waals surface area (Å²) in [6.07, 6.45) is 0. The number of halogens is 1. The Labute approximate surface area is 143 Å². The second-order valence-corrected chi connectivity index (χ2v) is 5.32. The molecule has 21 heavy (non-hydrogen) atoms. The van der Waals surface area contributed by atoms with E-state index in [9.17, 15) is 4.79 Å². The Kier molecular flexibility index (Phi) is 6.94. The summed E-state index contributed by atoms with van der Waals surface area (Å²) in [6.45, 7) is 6.34. The summed E-state index contributed by atoms with van der Waals surface area (Å²) in [6, 6.07) is 7.88. The number of likely N-dealkylation sites (N-methyl/N-ethyl adjacent to an activating group) is 1. The van der Waals surface area contributed by atoms with Crippen LogP contribution in [-0.2, 0) is 11.3 Å². The van der Waals surface area contributed by atoms with Crippen molar-refractivity contribution in [1.29, 1.82) is 0 Å². The van der Waals surface area contributed by atoms with Crippen LogP contribution in [0, 0.1) is 5.92 Å². The third kappa shape index (κ3) is 5.18. The fourth-order valence-electron chi connectivity index (χ4n) is 1.90. The zero-order chi connectivity index (χ0) is 14.5. The average molecular weight is 402 g/mol. The fraction of sp³-hybridized carbons (Fsp3) is 0.467. The molecule has 2 rings (SSSR count). The maximum atomic E-state index is 11.6. The van der Waals surface area contributed by atoms with Crippen LogP contribution < -0.4 is 10.6 Å². The van der Waals surface area contributed by atoms with E-state index in [0.717, 1.165) is 36.8 Å². The van der Waals surface area contributed by atoms with Gasteiger partial charge in [0.15, 0.2) is 5.96 Å². The lowest BCUT2D eigenvalue weighted by Crippen LogP contribution is -2.35. The molecule has 1 aromatic rings. The smallest absolute Gasteiger partial charge is 0.226 e. The standard InChI is InChI=1S/C15H22N4O.HI/c1-11(2)14(20)18-13-6-4-12(5-7-13)10-17-15-16-8-9-19(15)3;/h4-7,11H,8-10H2,1-3H3,(H,16,17)(H,18,20);1H. The van der Waals surface area contributed by atoms with Crippen molar-refractivity contribution in [3.63, 3.8) is 0 Å². The summed E-state index contributed by atoms with van der Waals surface area (Å²) in [5.41, 5.74) is 2.00. The van der Waals surface area contributed by atoms with Crippen molar-refractivity contribution < 1.29 is 4.79 Å². The topological polar surface area (TPSA) is 56.7 Å². The monoisotopic (exact) mass is 402 g/mol. The molecule has 1 heterocycles. The van der Waals surface area contributed by atoms with Gasteiger partial charge >= 0.3 is 0 Å². The van der Waals surface area contributed by atoms with Gasteiger partial charge in [-0.2, -0.15) is 0 Å². The molecule has 1 amide bonds. The van der Waals surface area contributed by atoms with Crippen molar-refractivity contribution in [3.05, 3.63) is 29.8 Å². The highest BCUT2D eigenvalue weighted by Gasteiger charge is 2.11. The molecule has 0 fully saturated rings. The first-order chi connectivity index (χ1) is 9.56. The van der Waals surface area contributed by atoms with Crippen LogP contribution in [0.3, 0.4) is 0 Å². The molecular formula is C15H23IN4O. The quantitative estimate of drug-likeness (QED) is 0.760. The van der Waals surface area contributed by atoms with Gasteiger partial charge in [-0.1, -0.05) is 26.0 Å². The predicted octanol–water partition coefficient (Wildman–Crippen LogP) is 2.29. The first kappa shape index (κ1) is 17.7. The van der Waals surface area contributed by atoms with Crippen LogP contribution in [0.25, 0.3) is 0 Å². The molecule has 0 aromatic heterocycles. The molecule has 0 atom stereocenters. The lowest BCUT2D eigenvalue weighted by molar-refractivity contribution is -0.118. The molecule has 0 unspecified atom stereocenters. The van der Waals surface area contributed by atoms with Crippen LogP contribution in [0.5, 0.6) is 0 Å². The first-order valence-electron chi connectivity index (χ1n) is 6.95. The van der Waals surface area contributed by atoms with E-state index in [2.05, 4.69) is 20.5 Å². The number of aliphatic imine (C=N–C) groups is 1. The van der Waals surface area contributed by atoms with Crippen molar-refractivity contribution in [2.75, 3.05) is 25.5 Å². The number of carbonyl (C=O) groups excluding carboxylic acids is 1. The molecule has 1 aliphatic heterocycles. The summed E-state index contributed by atoms with van der Waals surface area (Å²) in [4.78, 5) is 18.1. The largest absolute Gasteiger partial charge is 0.352 e. The van der Waals surface area contributed by atoms with Gasteiger partial charge < -0.3 is 15.5 Å². The number of carbonyl (C=O) groups is 1. The van der Waals surface area contributed by atoms with Gasteiger partial charge in [-0.15, -0.1) is 24.0 Å². The number of rotatable bonds is 4. The van der Waals surface area contributed by atoms with Gasteiger partial charge in [0.1, 0.15) is 0 Å². The van der Waals surface area contributed by atoms with Crippen LogP contribution in [0.2, 0.25) is 0 Å². The van der Waals surface area contributed by atoms with Gasteiger partial charge in [-0.05, 0) is 17.7 Å². The molecule has 0 bridgehead atoms. The second-order valence-electron chi connectivity index (χ2n) is 5.32. The van der Waals surface area contributed by atoms with Crippen molar-refractivity contribution in [3.8, 4) is 0 Å². The van der Waals surface area contributed by atoms with Gasteiger partial charge in [0.25, 0.3) is 0 Å². The van der Waals surface area contributed by atoms with E-state index in [1.165, 1.54) is 0 Å². The van der Waals surface area contributed by atoms with Gasteiger partial charge in [0.05, 0.1) is 6.54 Å². The van der Waals surface area contributed by atoms with Crippen LogP contribution in [0.1, 0.15) is 19.4 Å². The molecule has 0 saturated carbocycles. The van der Waals surface area contributed by atoms with Crippen LogP contribution in [0.15, 0.2) is 29.3 Å². The number of guanidine groups is 1. The van der Waals surface area contributed by atoms with Crippen molar-refractivity contribution in [2.45, 2.75) is 20.4 Å². The van der Waals surface area contributed by atoms with E-state index < -0.39 is 0 Å². The summed E-state index contributed by atoms with van der Waals surface area (Å²) in [5.74, 6) is 0.979. The Morgan fingerprint density at radius 2 is 2.00 bits per heavy atom. The number of benzene rings is 1. The second kappa shape index (κ2) is 8.21. The van der Waals surface area contributed by atoms with Crippen LogP contribution in [0.4, 0.5) is 5.69 Å². The maximum Gasteiger partial charge on any atom is 0.226 e. The van der Waals surface area contributed by atoms with Crippen LogP contribution in [-0.4, -0.2) is 36.9 Å². The van der Waals surface area contributed by atoms with Gasteiger partial charge in [0, 0.05) is 31.7 Å². The highest BCUT2D eigenvalue weighted by Crippen LogP contribution is 2.11. The summed E-state index contributed by atoms with van der Waals surface area (Å²) < 4.78 is 0. The number of nitrogens with one attached hydrogen (secondary N) is 2. The van der Waals surface area contributed by atoms with E-state index >= 15 is 0 Å². The van der Waals surface area contributed by atoms with E-state index in [-0.39, 0.29) is 35.8 Å². The molecule has 0 aliphatic carbocycles. The predicted molar refractivity (Wildman–Crippen MR) is 97.1 cm³/mol. The Morgan fingerprint density at radius 3 is 2.52 bits per heavy atom. The van der Waals surface area contributed by atoms with Crippen LogP contribution >= 0.6 is 24.0 Å². The Hall–Kier alpha value is -1.31. The normalized spacial score (nSPS) is 13.7. The zero-order valence-electron chi connectivity index (χ0n) is 12.7. The number of anilines is 1. The van der Waals surface area contributed by atoms with Gasteiger partial charge in [0.2, 0.25) is 5.91 Å². The molecule has 6 heteroatoms. The molecule has 1 aromatic carbocycles. The first-order valence-corrected chi connectivity index (χ1v) is 6.95. The van der Waals surface area contributed by atoms with E-state index in [4.69, 9.17) is 0 Å². The number of nitrogens with zero attached hydrogens (tertiary/aromatic N) is 2. The molecular weight excluding hydrogens is 379 g/mol. The minimum Gasteiger partial charge on any atom is -0.352 e. The lowest BCUT2D eigenvalue weighted by Gasteiger charge is -2.15. The Morgan fingerprint density at radius 1 is 1.33 bits per heavy atom. The molecule has 0 spiro atoms. The minimum absolute atomic E-state index is 0. The maximum absolute atomic E-state index is 11.6. The summed E-state index contributed by atoms with van der Waals surface area (Å²) >= 11 is 0. The zero-order valence-corrected chi connectivity index (χ0v) is 15.0. The van der Waals surface area contributed by atoms with E-state index in [1.807, 2.05) is 45.2 Å². The Balaban J connectivity index is 0.00000220. The van der Waals surface area contributed by atoms with Crippen molar-refractivity contribution in [2.24, 2.45) is 10.9 Å². The lowest BCUT2D eigenvalue weighted by atomic mass is 10.1. The number of amides is 1. The minimum atomic E-state index is -0.00717.